The highest BCUT2D eigenvalue weighted by Gasteiger charge is 2.26. The number of benzene rings is 1. The zero-order chi connectivity index (χ0) is 19.7. The van der Waals surface area contributed by atoms with Crippen molar-refractivity contribution >= 4 is 48.9 Å². The van der Waals surface area contributed by atoms with Crippen molar-refractivity contribution in [1.29, 1.82) is 0 Å². The molecular formula is C16H17Cl2N3O4S2. The summed E-state index contributed by atoms with van der Waals surface area (Å²) in [6, 6.07) is 8.21. The normalized spacial score (nSPS) is 16.2. The molecule has 1 aliphatic rings. The summed E-state index contributed by atoms with van der Waals surface area (Å²) in [5.41, 5.74) is 0.110. The molecular weight excluding hydrogens is 433 g/mol. The Labute approximate surface area is 168 Å². The number of sulfonamides is 2. The summed E-state index contributed by atoms with van der Waals surface area (Å²) in [6.45, 7) is 0.925. The third kappa shape index (κ3) is 4.55. The molecule has 1 aromatic carbocycles. The van der Waals surface area contributed by atoms with Crippen molar-refractivity contribution in [3.8, 4) is 0 Å². The average molecular weight is 450 g/mol. The second kappa shape index (κ2) is 7.92. The first-order chi connectivity index (χ1) is 12.7. The summed E-state index contributed by atoms with van der Waals surface area (Å²) in [5, 5.41) is -0.208. The first-order valence-electron chi connectivity index (χ1n) is 8.15. The van der Waals surface area contributed by atoms with Crippen LogP contribution in [0.3, 0.4) is 0 Å². The number of nitrogens with zero attached hydrogens (tertiary/aromatic N) is 2. The van der Waals surface area contributed by atoms with Crippen LogP contribution in [0.2, 0.25) is 10.3 Å². The summed E-state index contributed by atoms with van der Waals surface area (Å²) in [7, 11) is -7.74. The van der Waals surface area contributed by atoms with E-state index in [9.17, 15) is 16.8 Å². The molecule has 1 aliphatic heterocycles. The number of hydrogen-bond acceptors (Lipinski definition) is 5. The summed E-state index contributed by atoms with van der Waals surface area (Å²) in [5.74, 6) is 0. The molecule has 1 fully saturated rings. The van der Waals surface area contributed by atoms with Gasteiger partial charge in [0.15, 0.2) is 5.15 Å². The van der Waals surface area contributed by atoms with Crippen molar-refractivity contribution in [3.05, 3.63) is 46.7 Å². The second-order valence-electron chi connectivity index (χ2n) is 6.02. The second-order valence-corrected chi connectivity index (χ2v) is 10.4. The summed E-state index contributed by atoms with van der Waals surface area (Å²) in [4.78, 5) is 3.49. The van der Waals surface area contributed by atoms with E-state index in [1.165, 1.54) is 40.7 Å². The number of pyridine rings is 1. The van der Waals surface area contributed by atoms with E-state index in [2.05, 4.69) is 9.71 Å². The van der Waals surface area contributed by atoms with Crippen LogP contribution >= 0.6 is 23.2 Å². The third-order valence-electron chi connectivity index (χ3n) is 4.11. The first-order valence-corrected chi connectivity index (χ1v) is 11.8. The van der Waals surface area contributed by atoms with E-state index in [-0.39, 0.29) is 25.8 Å². The molecule has 1 aromatic heterocycles. The van der Waals surface area contributed by atoms with E-state index in [1.807, 2.05) is 0 Å². The van der Waals surface area contributed by atoms with Gasteiger partial charge in [-0.2, -0.15) is 4.31 Å². The Morgan fingerprint density at radius 2 is 1.67 bits per heavy atom. The third-order valence-corrected chi connectivity index (χ3v) is 8.03. The monoisotopic (exact) mass is 449 g/mol. The SMILES string of the molecule is O=S(=O)(Nc1cccc(S(=O)(=O)N2CCCCC2)c1)c1ccc(Cl)nc1Cl. The smallest absolute Gasteiger partial charge is 0.264 e. The maximum atomic E-state index is 12.8. The number of hydrogen-bond donors (Lipinski definition) is 1. The predicted octanol–water partition coefficient (Wildman–Crippen LogP) is 3.36. The van der Waals surface area contributed by atoms with Gasteiger partial charge in [0.1, 0.15) is 10.0 Å². The number of piperidine rings is 1. The standard InChI is InChI=1S/C16H17Cl2N3O4S2/c17-15-8-7-14(16(18)19-15)26(22,23)20-12-5-4-6-13(11-12)27(24,25)21-9-2-1-3-10-21/h4-8,11,20H,1-3,9-10H2. The minimum absolute atomic E-state index is 0.0323. The molecule has 0 unspecified atom stereocenters. The lowest BCUT2D eigenvalue weighted by atomic mass is 10.2. The van der Waals surface area contributed by atoms with Crippen molar-refractivity contribution in [3.63, 3.8) is 0 Å². The Hall–Kier alpha value is -1.39. The van der Waals surface area contributed by atoms with E-state index in [1.54, 1.807) is 0 Å². The average Bonchev–Trinajstić information content (AvgIpc) is 2.62. The van der Waals surface area contributed by atoms with Crippen molar-refractivity contribution in [2.45, 2.75) is 29.1 Å². The van der Waals surface area contributed by atoms with Crippen LogP contribution in [0.1, 0.15) is 19.3 Å². The van der Waals surface area contributed by atoms with Gasteiger partial charge in [-0.25, -0.2) is 21.8 Å². The highest BCUT2D eigenvalue weighted by Crippen LogP contribution is 2.26. The lowest BCUT2D eigenvalue weighted by Gasteiger charge is -2.26. The summed E-state index contributed by atoms with van der Waals surface area (Å²) < 4.78 is 54.4. The Morgan fingerprint density at radius 3 is 2.33 bits per heavy atom. The van der Waals surface area contributed by atoms with Crippen LogP contribution in [0.4, 0.5) is 5.69 Å². The van der Waals surface area contributed by atoms with Crippen molar-refractivity contribution < 1.29 is 16.8 Å². The molecule has 0 aliphatic carbocycles. The number of aromatic nitrogens is 1. The molecule has 0 atom stereocenters. The molecule has 0 bridgehead atoms. The molecule has 0 amide bonds. The van der Waals surface area contributed by atoms with Gasteiger partial charge in [-0.05, 0) is 43.2 Å². The van der Waals surface area contributed by atoms with Crippen molar-refractivity contribution in [2.24, 2.45) is 0 Å². The largest absolute Gasteiger partial charge is 0.279 e. The Bertz CT molecular complexity index is 1050. The van der Waals surface area contributed by atoms with Gasteiger partial charge >= 0.3 is 0 Å². The molecule has 0 radical (unpaired) electrons. The Kier molecular flexibility index (Phi) is 5.97. The van der Waals surface area contributed by atoms with Gasteiger partial charge in [0.25, 0.3) is 10.0 Å². The van der Waals surface area contributed by atoms with E-state index >= 15 is 0 Å². The number of anilines is 1. The van der Waals surface area contributed by atoms with Gasteiger partial charge in [-0.15, -0.1) is 0 Å². The molecule has 27 heavy (non-hydrogen) atoms. The van der Waals surface area contributed by atoms with Crippen LogP contribution in [0.5, 0.6) is 0 Å². The van der Waals surface area contributed by atoms with Crippen LogP contribution in [-0.4, -0.2) is 39.2 Å². The summed E-state index contributed by atoms with van der Waals surface area (Å²) in [6.07, 6.45) is 2.63. The zero-order valence-corrected chi connectivity index (χ0v) is 17.2. The molecule has 0 saturated carbocycles. The van der Waals surface area contributed by atoms with Crippen molar-refractivity contribution in [2.75, 3.05) is 17.8 Å². The minimum Gasteiger partial charge on any atom is -0.279 e. The molecule has 2 aromatic rings. The van der Waals surface area contributed by atoms with Gasteiger partial charge in [0, 0.05) is 13.1 Å². The maximum absolute atomic E-state index is 12.8. The minimum atomic E-state index is -4.06. The van der Waals surface area contributed by atoms with Gasteiger partial charge < -0.3 is 0 Å². The predicted molar refractivity (Wildman–Crippen MR) is 104 cm³/mol. The quantitative estimate of drug-likeness (QED) is 0.705. The Morgan fingerprint density at radius 1 is 0.963 bits per heavy atom. The van der Waals surface area contributed by atoms with E-state index in [0.29, 0.717) is 13.1 Å². The highest BCUT2D eigenvalue weighted by atomic mass is 35.5. The summed E-state index contributed by atoms with van der Waals surface area (Å²) >= 11 is 11.6. The lowest BCUT2D eigenvalue weighted by Crippen LogP contribution is -2.35. The van der Waals surface area contributed by atoms with Crippen LogP contribution in [0, 0.1) is 0 Å². The van der Waals surface area contributed by atoms with Gasteiger partial charge in [0.05, 0.1) is 10.6 Å². The maximum Gasteiger partial charge on any atom is 0.264 e. The molecule has 7 nitrogen and oxygen atoms in total. The van der Waals surface area contributed by atoms with Crippen molar-refractivity contribution in [1.82, 2.24) is 9.29 Å². The topological polar surface area (TPSA) is 96.4 Å². The molecule has 146 valence electrons. The first kappa shape index (κ1) is 20.3. The fourth-order valence-electron chi connectivity index (χ4n) is 2.78. The highest BCUT2D eigenvalue weighted by molar-refractivity contribution is 7.92. The van der Waals surface area contributed by atoms with Crippen LogP contribution in [0.15, 0.2) is 46.2 Å². The van der Waals surface area contributed by atoms with Crippen LogP contribution in [0.25, 0.3) is 0 Å². The fraction of sp³-hybridized carbons (Fsp3) is 0.312. The fourth-order valence-corrected chi connectivity index (χ4v) is 6.06. The lowest BCUT2D eigenvalue weighted by molar-refractivity contribution is 0.346. The Balaban J connectivity index is 1.89. The molecule has 2 heterocycles. The molecule has 11 heteroatoms. The molecule has 0 spiro atoms. The zero-order valence-electron chi connectivity index (χ0n) is 14.1. The molecule has 3 rings (SSSR count). The van der Waals surface area contributed by atoms with Gasteiger partial charge in [-0.3, -0.25) is 4.72 Å². The molecule has 1 N–H and O–H groups in total. The van der Waals surface area contributed by atoms with E-state index < -0.39 is 20.0 Å². The van der Waals surface area contributed by atoms with Crippen LogP contribution in [-0.2, 0) is 20.0 Å². The number of rotatable bonds is 5. The molecule has 1 saturated heterocycles. The van der Waals surface area contributed by atoms with E-state index in [0.717, 1.165) is 19.3 Å². The van der Waals surface area contributed by atoms with Crippen LogP contribution < -0.4 is 4.72 Å². The van der Waals surface area contributed by atoms with Gasteiger partial charge in [-0.1, -0.05) is 35.7 Å². The number of halogens is 2. The van der Waals surface area contributed by atoms with E-state index in [4.69, 9.17) is 23.2 Å². The van der Waals surface area contributed by atoms with Gasteiger partial charge in [0.2, 0.25) is 10.0 Å². The number of nitrogens with one attached hydrogen (secondary N) is 1.